The lowest BCUT2D eigenvalue weighted by molar-refractivity contribution is -0.120. The van der Waals surface area contributed by atoms with Crippen molar-refractivity contribution in [3.8, 4) is 0 Å². The summed E-state index contributed by atoms with van der Waals surface area (Å²) in [5, 5.41) is 2.96. The van der Waals surface area contributed by atoms with E-state index in [0.717, 1.165) is 29.7 Å². The Morgan fingerprint density at radius 2 is 1.88 bits per heavy atom. The maximum absolute atomic E-state index is 12.0. The molecule has 0 unspecified atom stereocenters. The Labute approximate surface area is 103 Å². The summed E-state index contributed by atoms with van der Waals surface area (Å²) in [6.45, 7) is 8.05. The molecule has 0 atom stereocenters. The molecular formula is C14H22N2O. The summed E-state index contributed by atoms with van der Waals surface area (Å²) in [5.41, 5.74) is 9.49. The van der Waals surface area contributed by atoms with Gasteiger partial charge in [0.2, 0.25) is 5.91 Å². The minimum absolute atomic E-state index is 0.0642. The average molecular weight is 234 g/mol. The zero-order valence-corrected chi connectivity index (χ0v) is 11.1. The number of rotatable bonds is 4. The third kappa shape index (κ3) is 2.99. The van der Waals surface area contributed by atoms with Crippen molar-refractivity contribution >= 4 is 17.3 Å². The van der Waals surface area contributed by atoms with Crippen LogP contribution in [-0.2, 0) is 4.79 Å². The van der Waals surface area contributed by atoms with Crippen LogP contribution >= 0.6 is 0 Å². The summed E-state index contributed by atoms with van der Waals surface area (Å²) in [6.07, 6.45) is 1.71. The first-order chi connectivity index (χ1) is 8.01. The second kappa shape index (κ2) is 5.71. The molecule has 0 spiro atoms. The van der Waals surface area contributed by atoms with Gasteiger partial charge in [-0.05, 0) is 43.9 Å². The zero-order chi connectivity index (χ0) is 13.0. The minimum Gasteiger partial charge on any atom is -0.397 e. The number of hydrogen-bond donors (Lipinski definition) is 2. The molecule has 0 aliphatic rings. The van der Waals surface area contributed by atoms with E-state index in [0.29, 0.717) is 5.69 Å². The van der Waals surface area contributed by atoms with Crippen LogP contribution in [0, 0.1) is 19.8 Å². The molecule has 94 valence electrons. The number of nitrogens with one attached hydrogen (secondary N) is 1. The largest absolute Gasteiger partial charge is 0.397 e. The van der Waals surface area contributed by atoms with Gasteiger partial charge in [0.25, 0.3) is 0 Å². The van der Waals surface area contributed by atoms with Gasteiger partial charge >= 0.3 is 0 Å². The highest BCUT2D eigenvalue weighted by Gasteiger charge is 2.16. The number of benzene rings is 1. The molecule has 1 amide bonds. The summed E-state index contributed by atoms with van der Waals surface area (Å²) in [6, 6.07) is 3.81. The molecule has 3 N–H and O–H groups in total. The van der Waals surface area contributed by atoms with Crippen LogP contribution < -0.4 is 11.1 Å². The molecule has 1 rings (SSSR count). The fourth-order valence-electron chi connectivity index (χ4n) is 1.89. The van der Waals surface area contributed by atoms with E-state index >= 15 is 0 Å². The monoisotopic (exact) mass is 234 g/mol. The van der Waals surface area contributed by atoms with Crippen LogP contribution in [0.15, 0.2) is 12.1 Å². The Balaban J connectivity index is 2.95. The van der Waals surface area contributed by atoms with E-state index in [2.05, 4.69) is 5.32 Å². The van der Waals surface area contributed by atoms with Gasteiger partial charge < -0.3 is 11.1 Å². The summed E-state index contributed by atoms with van der Waals surface area (Å²) in [4.78, 5) is 12.0. The van der Waals surface area contributed by atoms with Crippen molar-refractivity contribution in [3.63, 3.8) is 0 Å². The standard InChI is InChI=1S/C14H22N2O/c1-5-11(6-2)14(17)16-13-10(4)9(3)7-8-12(13)15/h7-8,11H,5-6,15H2,1-4H3,(H,16,17). The second-order valence-corrected chi connectivity index (χ2v) is 4.47. The lowest BCUT2D eigenvalue weighted by Crippen LogP contribution is -2.22. The van der Waals surface area contributed by atoms with E-state index in [-0.39, 0.29) is 11.8 Å². The molecule has 0 saturated heterocycles. The molecule has 0 aliphatic carbocycles. The fourth-order valence-corrected chi connectivity index (χ4v) is 1.89. The van der Waals surface area contributed by atoms with Gasteiger partial charge in [0.1, 0.15) is 0 Å². The first-order valence-corrected chi connectivity index (χ1v) is 6.17. The van der Waals surface area contributed by atoms with Crippen LogP contribution in [-0.4, -0.2) is 5.91 Å². The zero-order valence-electron chi connectivity index (χ0n) is 11.1. The van der Waals surface area contributed by atoms with Crippen molar-refractivity contribution in [2.75, 3.05) is 11.1 Å². The average Bonchev–Trinajstić information content (AvgIpc) is 2.31. The lowest BCUT2D eigenvalue weighted by atomic mass is 10.0. The van der Waals surface area contributed by atoms with Gasteiger partial charge in [-0.3, -0.25) is 4.79 Å². The smallest absolute Gasteiger partial charge is 0.227 e. The van der Waals surface area contributed by atoms with E-state index in [1.807, 2.05) is 39.8 Å². The molecule has 17 heavy (non-hydrogen) atoms. The number of amides is 1. The Bertz CT molecular complexity index is 409. The van der Waals surface area contributed by atoms with Gasteiger partial charge in [0, 0.05) is 5.92 Å². The van der Waals surface area contributed by atoms with Crippen molar-refractivity contribution < 1.29 is 4.79 Å². The summed E-state index contributed by atoms with van der Waals surface area (Å²) >= 11 is 0. The molecule has 0 heterocycles. The number of aryl methyl sites for hydroxylation is 1. The lowest BCUT2D eigenvalue weighted by Gasteiger charge is -2.17. The highest BCUT2D eigenvalue weighted by atomic mass is 16.1. The normalized spacial score (nSPS) is 10.6. The molecule has 0 aromatic heterocycles. The molecule has 3 nitrogen and oxygen atoms in total. The van der Waals surface area contributed by atoms with Crippen molar-refractivity contribution in [1.82, 2.24) is 0 Å². The quantitative estimate of drug-likeness (QED) is 0.786. The Hall–Kier alpha value is -1.51. The predicted molar refractivity (Wildman–Crippen MR) is 73.0 cm³/mol. The van der Waals surface area contributed by atoms with Gasteiger partial charge in [-0.1, -0.05) is 19.9 Å². The highest BCUT2D eigenvalue weighted by Crippen LogP contribution is 2.26. The van der Waals surface area contributed by atoms with Gasteiger partial charge in [-0.15, -0.1) is 0 Å². The van der Waals surface area contributed by atoms with E-state index < -0.39 is 0 Å². The van der Waals surface area contributed by atoms with Crippen molar-refractivity contribution in [1.29, 1.82) is 0 Å². The van der Waals surface area contributed by atoms with Crippen LogP contribution in [0.1, 0.15) is 37.8 Å². The number of carbonyl (C=O) groups excluding carboxylic acids is 1. The molecule has 0 aliphatic heterocycles. The third-order valence-electron chi connectivity index (χ3n) is 3.37. The fraction of sp³-hybridized carbons (Fsp3) is 0.500. The van der Waals surface area contributed by atoms with Crippen LogP contribution in [0.25, 0.3) is 0 Å². The topological polar surface area (TPSA) is 55.1 Å². The van der Waals surface area contributed by atoms with Crippen LogP contribution in [0.3, 0.4) is 0 Å². The van der Waals surface area contributed by atoms with Gasteiger partial charge in [-0.25, -0.2) is 0 Å². The van der Waals surface area contributed by atoms with E-state index in [4.69, 9.17) is 5.73 Å². The van der Waals surface area contributed by atoms with Gasteiger partial charge in [0.15, 0.2) is 0 Å². The number of hydrogen-bond acceptors (Lipinski definition) is 2. The minimum atomic E-state index is 0.0642. The first kappa shape index (κ1) is 13.6. The molecular weight excluding hydrogens is 212 g/mol. The number of nitrogens with two attached hydrogens (primary N) is 1. The molecule has 3 heteroatoms. The summed E-state index contributed by atoms with van der Waals surface area (Å²) in [7, 11) is 0. The van der Waals surface area contributed by atoms with Crippen LogP contribution in [0.4, 0.5) is 11.4 Å². The molecule has 0 saturated carbocycles. The highest BCUT2D eigenvalue weighted by molar-refractivity contribution is 5.96. The summed E-state index contributed by atoms with van der Waals surface area (Å²) < 4.78 is 0. The second-order valence-electron chi connectivity index (χ2n) is 4.47. The van der Waals surface area contributed by atoms with Gasteiger partial charge in [0.05, 0.1) is 11.4 Å². The Morgan fingerprint density at radius 3 is 2.41 bits per heavy atom. The van der Waals surface area contributed by atoms with E-state index in [1.165, 1.54) is 0 Å². The molecule has 0 fully saturated rings. The Morgan fingerprint density at radius 1 is 1.29 bits per heavy atom. The first-order valence-electron chi connectivity index (χ1n) is 6.17. The van der Waals surface area contributed by atoms with Crippen molar-refractivity contribution in [2.45, 2.75) is 40.5 Å². The number of nitrogen functional groups attached to an aromatic ring is 1. The number of anilines is 2. The van der Waals surface area contributed by atoms with Crippen LogP contribution in [0.2, 0.25) is 0 Å². The van der Waals surface area contributed by atoms with Crippen molar-refractivity contribution in [2.24, 2.45) is 5.92 Å². The summed E-state index contributed by atoms with van der Waals surface area (Å²) in [5.74, 6) is 0.129. The maximum Gasteiger partial charge on any atom is 0.227 e. The van der Waals surface area contributed by atoms with E-state index in [1.54, 1.807) is 0 Å². The molecule has 1 aromatic carbocycles. The third-order valence-corrected chi connectivity index (χ3v) is 3.37. The maximum atomic E-state index is 12.0. The Kier molecular flexibility index (Phi) is 4.55. The number of carbonyl (C=O) groups is 1. The van der Waals surface area contributed by atoms with Crippen molar-refractivity contribution in [3.05, 3.63) is 23.3 Å². The van der Waals surface area contributed by atoms with Crippen LogP contribution in [0.5, 0.6) is 0 Å². The SMILES string of the molecule is CCC(CC)C(=O)Nc1c(N)ccc(C)c1C. The molecule has 0 radical (unpaired) electrons. The van der Waals surface area contributed by atoms with Gasteiger partial charge in [-0.2, -0.15) is 0 Å². The van der Waals surface area contributed by atoms with E-state index in [9.17, 15) is 4.79 Å². The predicted octanol–water partition coefficient (Wildman–Crippen LogP) is 3.26. The molecule has 1 aromatic rings. The molecule has 0 bridgehead atoms.